The molecule has 6 heteroatoms. The molecule has 1 saturated heterocycles. The van der Waals surface area contributed by atoms with Crippen LogP contribution >= 0.6 is 0 Å². The van der Waals surface area contributed by atoms with Crippen LogP contribution in [0.25, 0.3) is 11.1 Å². The van der Waals surface area contributed by atoms with Crippen LogP contribution < -0.4 is 9.47 Å². The van der Waals surface area contributed by atoms with E-state index in [1.165, 1.54) is 18.6 Å². The fraction of sp³-hybridized carbons (Fsp3) is 0.375. The first-order valence-corrected chi connectivity index (χ1v) is 13.4. The van der Waals surface area contributed by atoms with E-state index >= 15 is 0 Å². The van der Waals surface area contributed by atoms with Gasteiger partial charge in [0.25, 0.3) is 0 Å². The minimum absolute atomic E-state index is 0.0909. The lowest BCUT2D eigenvalue weighted by Gasteiger charge is -2.31. The number of aromatic hydroxyl groups is 1. The second kappa shape index (κ2) is 12.0. The van der Waals surface area contributed by atoms with Crippen molar-refractivity contribution in [1.29, 1.82) is 0 Å². The van der Waals surface area contributed by atoms with Gasteiger partial charge in [-0.1, -0.05) is 32.9 Å². The standard InChI is InChI=1S/C30H31F2NO3.C2H6/c1-18-12-13-33(16-18)19(2)17-35-24-8-4-21(5-9-24)30-29(25-10-6-22(31)14-27(25)32)20(3)26-15-23(34)7-11-28(26)36-30;1-2/h4-11,14-15,18-19,30,34H,12-13,16-17H2,1-3H3;1-2H3. The topological polar surface area (TPSA) is 41.9 Å². The molecule has 38 heavy (non-hydrogen) atoms. The Kier molecular flexibility index (Phi) is 8.72. The Balaban J connectivity index is 0.00000164. The summed E-state index contributed by atoms with van der Waals surface area (Å²) in [5, 5.41) is 10.0. The van der Waals surface area contributed by atoms with E-state index in [0.29, 0.717) is 29.5 Å². The monoisotopic (exact) mass is 521 g/mol. The third-order valence-electron chi connectivity index (χ3n) is 7.25. The lowest BCUT2D eigenvalue weighted by molar-refractivity contribution is 0.169. The molecule has 202 valence electrons. The fourth-order valence-electron chi connectivity index (χ4n) is 5.16. The molecule has 0 bridgehead atoms. The van der Waals surface area contributed by atoms with Crippen molar-refractivity contribution in [2.24, 2.45) is 5.92 Å². The number of ether oxygens (including phenoxy) is 2. The summed E-state index contributed by atoms with van der Waals surface area (Å²) in [5.74, 6) is 0.873. The second-order valence-corrected chi connectivity index (χ2v) is 9.96. The van der Waals surface area contributed by atoms with Crippen LogP contribution in [0.5, 0.6) is 17.2 Å². The molecule has 2 heterocycles. The number of nitrogens with zero attached hydrogens (tertiary/aromatic N) is 1. The molecule has 2 aliphatic rings. The maximum atomic E-state index is 14.9. The summed E-state index contributed by atoms with van der Waals surface area (Å²) in [6.07, 6.45) is 0.619. The average molecular weight is 522 g/mol. The van der Waals surface area contributed by atoms with Crippen LogP contribution in [0.3, 0.4) is 0 Å². The van der Waals surface area contributed by atoms with Crippen LogP contribution in [-0.4, -0.2) is 35.7 Å². The zero-order valence-electron chi connectivity index (χ0n) is 22.8. The Morgan fingerprint density at radius 3 is 2.42 bits per heavy atom. The number of phenolic OH excluding ortho intramolecular Hbond substituents is 1. The number of benzene rings is 3. The van der Waals surface area contributed by atoms with Gasteiger partial charge in [-0.2, -0.15) is 0 Å². The lowest BCUT2D eigenvalue weighted by Crippen LogP contribution is -2.35. The predicted octanol–water partition coefficient (Wildman–Crippen LogP) is 7.87. The minimum Gasteiger partial charge on any atom is -0.508 e. The molecule has 4 nitrogen and oxygen atoms in total. The van der Waals surface area contributed by atoms with Crippen molar-refractivity contribution in [1.82, 2.24) is 4.90 Å². The zero-order chi connectivity index (χ0) is 27.4. The molecule has 3 unspecified atom stereocenters. The molecule has 2 aliphatic heterocycles. The number of hydrogen-bond acceptors (Lipinski definition) is 4. The Morgan fingerprint density at radius 2 is 1.76 bits per heavy atom. The Labute approximate surface area is 224 Å². The van der Waals surface area contributed by atoms with E-state index in [-0.39, 0.29) is 11.3 Å². The number of halogens is 2. The first kappa shape index (κ1) is 27.6. The minimum atomic E-state index is -0.660. The third kappa shape index (κ3) is 5.86. The van der Waals surface area contributed by atoms with Crippen molar-refractivity contribution < 1.29 is 23.4 Å². The SMILES string of the molecule is CC.CC1=C(c2ccc(F)cc2F)C(c2ccc(OCC(C)N3CCC(C)C3)cc2)Oc2ccc(O)cc21. The second-order valence-electron chi connectivity index (χ2n) is 9.96. The third-order valence-corrected chi connectivity index (χ3v) is 7.25. The van der Waals surface area contributed by atoms with E-state index in [4.69, 9.17) is 9.47 Å². The van der Waals surface area contributed by atoms with Crippen LogP contribution in [0.1, 0.15) is 63.8 Å². The summed E-state index contributed by atoms with van der Waals surface area (Å²) in [6.45, 7) is 13.2. The number of hydrogen-bond donors (Lipinski definition) is 1. The van der Waals surface area contributed by atoms with E-state index in [2.05, 4.69) is 18.7 Å². The summed E-state index contributed by atoms with van der Waals surface area (Å²) in [6, 6.07) is 16.4. The predicted molar refractivity (Wildman–Crippen MR) is 148 cm³/mol. The van der Waals surface area contributed by atoms with Gasteiger partial charge in [-0.3, -0.25) is 4.90 Å². The quantitative estimate of drug-likeness (QED) is 0.358. The van der Waals surface area contributed by atoms with Gasteiger partial charge in [0.05, 0.1) is 0 Å². The van der Waals surface area contributed by atoms with Crippen molar-refractivity contribution in [2.75, 3.05) is 19.7 Å². The average Bonchev–Trinajstić information content (AvgIpc) is 3.36. The maximum absolute atomic E-state index is 14.9. The molecule has 0 saturated carbocycles. The number of likely N-dealkylation sites (tertiary alicyclic amines) is 1. The number of phenols is 1. The first-order chi connectivity index (χ1) is 18.3. The number of allylic oxidation sites excluding steroid dienone is 1. The molecule has 3 aromatic rings. The van der Waals surface area contributed by atoms with Crippen molar-refractivity contribution in [3.05, 3.63) is 89.0 Å². The molecule has 3 aromatic carbocycles. The normalized spacial score (nSPS) is 19.8. The van der Waals surface area contributed by atoms with E-state index in [0.717, 1.165) is 42.0 Å². The van der Waals surface area contributed by atoms with Gasteiger partial charge in [0.1, 0.15) is 41.6 Å². The summed E-state index contributed by atoms with van der Waals surface area (Å²) in [7, 11) is 0. The van der Waals surface area contributed by atoms with Crippen LogP contribution in [0.4, 0.5) is 8.78 Å². The number of fused-ring (bicyclic) bond motifs is 1. The molecular weight excluding hydrogens is 484 g/mol. The van der Waals surface area contributed by atoms with Crippen molar-refractivity contribution >= 4 is 11.1 Å². The molecule has 3 atom stereocenters. The summed E-state index contributed by atoms with van der Waals surface area (Å²) < 4.78 is 41.0. The Morgan fingerprint density at radius 1 is 1.03 bits per heavy atom. The molecule has 0 aromatic heterocycles. The van der Waals surface area contributed by atoms with Gasteiger partial charge in [0.2, 0.25) is 0 Å². The first-order valence-electron chi connectivity index (χ1n) is 13.4. The highest BCUT2D eigenvalue weighted by Crippen LogP contribution is 2.48. The van der Waals surface area contributed by atoms with E-state index in [1.54, 1.807) is 18.2 Å². The van der Waals surface area contributed by atoms with Gasteiger partial charge in [-0.25, -0.2) is 8.78 Å². The molecule has 0 radical (unpaired) electrons. The fourth-order valence-corrected chi connectivity index (χ4v) is 5.16. The maximum Gasteiger partial charge on any atom is 0.150 e. The van der Waals surface area contributed by atoms with Crippen molar-refractivity contribution in [3.63, 3.8) is 0 Å². The largest absolute Gasteiger partial charge is 0.508 e. The molecule has 1 fully saturated rings. The summed E-state index contributed by atoms with van der Waals surface area (Å²) in [5.41, 5.74) is 3.12. The van der Waals surface area contributed by atoms with Crippen LogP contribution in [0.15, 0.2) is 60.7 Å². The molecule has 0 amide bonds. The van der Waals surface area contributed by atoms with E-state index in [9.17, 15) is 13.9 Å². The van der Waals surface area contributed by atoms with Crippen LogP contribution in [0.2, 0.25) is 0 Å². The highest BCUT2D eigenvalue weighted by atomic mass is 19.1. The summed E-state index contributed by atoms with van der Waals surface area (Å²) in [4.78, 5) is 2.46. The number of rotatable bonds is 6. The lowest BCUT2D eigenvalue weighted by atomic mass is 9.86. The van der Waals surface area contributed by atoms with E-state index in [1.807, 2.05) is 45.0 Å². The smallest absolute Gasteiger partial charge is 0.150 e. The Bertz CT molecular complexity index is 1290. The van der Waals surface area contributed by atoms with Gasteiger partial charge < -0.3 is 14.6 Å². The van der Waals surface area contributed by atoms with Crippen LogP contribution in [0, 0.1) is 17.6 Å². The highest BCUT2D eigenvalue weighted by molar-refractivity contribution is 5.95. The molecule has 0 aliphatic carbocycles. The van der Waals surface area contributed by atoms with Gasteiger partial charge in [0.15, 0.2) is 0 Å². The molecular formula is C32H37F2NO3. The van der Waals surface area contributed by atoms with Gasteiger partial charge in [-0.05, 0) is 86.3 Å². The van der Waals surface area contributed by atoms with E-state index < -0.39 is 17.7 Å². The highest BCUT2D eigenvalue weighted by Gasteiger charge is 2.31. The molecule has 0 spiro atoms. The molecule has 5 rings (SSSR count). The summed E-state index contributed by atoms with van der Waals surface area (Å²) >= 11 is 0. The molecule has 1 N–H and O–H groups in total. The van der Waals surface area contributed by atoms with Gasteiger partial charge in [0, 0.05) is 35.4 Å². The van der Waals surface area contributed by atoms with Crippen LogP contribution in [-0.2, 0) is 0 Å². The van der Waals surface area contributed by atoms with Crippen molar-refractivity contribution in [2.45, 2.75) is 53.2 Å². The Hall–Kier alpha value is -3.38. The van der Waals surface area contributed by atoms with Gasteiger partial charge >= 0.3 is 0 Å². The van der Waals surface area contributed by atoms with Gasteiger partial charge in [-0.15, -0.1) is 0 Å². The zero-order valence-corrected chi connectivity index (χ0v) is 22.8. The van der Waals surface area contributed by atoms with Crippen molar-refractivity contribution in [3.8, 4) is 17.2 Å².